The van der Waals surface area contributed by atoms with E-state index in [0.717, 1.165) is 34.3 Å². The van der Waals surface area contributed by atoms with Crippen LogP contribution in [0.1, 0.15) is 23.3 Å². The van der Waals surface area contributed by atoms with Crippen LogP contribution in [-0.2, 0) is 0 Å². The third-order valence-corrected chi connectivity index (χ3v) is 6.11. The molecule has 0 atom stereocenters. The number of piperidine rings is 1. The van der Waals surface area contributed by atoms with Gasteiger partial charge in [-0.25, -0.2) is 9.37 Å². The molecule has 5 rings (SSSR count). The van der Waals surface area contributed by atoms with Gasteiger partial charge in [0.25, 0.3) is 11.1 Å². The second kappa shape index (κ2) is 7.87. The van der Waals surface area contributed by atoms with Crippen LogP contribution in [-0.4, -0.2) is 45.2 Å². The maximum absolute atomic E-state index is 13.4. The average Bonchev–Trinajstić information content (AvgIpc) is 3.41. The van der Waals surface area contributed by atoms with Crippen molar-refractivity contribution < 1.29 is 13.9 Å². The van der Waals surface area contributed by atoms with E-state index in [4.69, 9.17) is 4.74 Å². The molecule has 1 fully saturated rings. The Morgan fingerprint density at radius 2 is 1.93 bits per heavy atom. The van der Waals surface area contributed by atoms with Gasteiger partial charge in [0.2, 0.25) is 0 Å². The molecule has 1 aliphatic heterocycles. The number of rotatable bonds is 4. The zero-order chi connectivity index (χ0) is 20.5. The molecule has 1 saturated heterocycles. The summed E-state index contributed by atoms with van der Waals surface area (Å²) in [7, 11) is 0. The number of nitrogens with one attached hydrogen (secondary N) is 1. The zero-order valence-electron chi connectivity index (χ0n) is 16.0. The summed E-state index contributed by atoms with van der Waals surface area (Å²) < 4.78 is 20.1. The Labute approximate surface area is 176 Å². The fourth-order valence-electron chi connectivity index (χ4n) is 3.61. The molecular weight excluding hydrogens is 403 g/mol. The first kappa shape index (κ1) is 18.7. The van der Waals surface area contributed by atoms with Gasteiger partial charge in [-0.3, -0.25) is 9.89 Å². The summed E-state index contributed by atoms with van der Waals surface area (Å²) in [5, 5.41) is 7.67. The van der Waals surface area contributed by atoms with Crippen LogP contribution in [0.25, 0.3) is 21.5 Å². The SMILES string of the molecule is O=C(c1cc(-c2ccccc2)n[nH]1)N1CCC(Oc2nc3ccc(F)cc3s2)CC1. The van der Waals surface area contributed by atoms with E-state index in [2.05, 4.69) is 15.2 Å². The number of carbonyl (C=O) groups excluding carboxylic acids is 1. The summed E-state index contributed by atoms with van der Waals surface area (Å²) in [5.41, 5.74) is 2.94. The minimum absolute atomic E-state index is 0.0129. The second-order valence-corrected chi connectivity index (χ2v) is 8.23. The zero-order valence-corrected chi connectivity index (χ0v) is 16.9. The van der Waals surface area contributed by atoms with Gasteiger partial charge in [-0.15, -0.1) is 0 Å². The van der Waals surface area contributed by atoms with Crippen LogP contribution in [0.2, 0.25) is 0 Å². The number of hydrogen-bond donors (Lipinski definition) is 1. The van der Waals surface area contributed by atoms with Crippen LogP contribution in [0.4, 0.5) is 4.39 Å². The lowest BCUT2D eigenvalue weighted by molar-refractivity contribution is 0.0590. The molecule has 1 N–H and O–H groups in total. The Kier molecular flexibility index (Phi) is 4.92. The van der Waals surface area contributed by atoms with E-state index < -0.39 is 0 Å². The van der Waals surface area contributed by atoms with Gasteiger partial charge in [-0.1, -0.05) is 41.7 Å². The maximum atomic E-state index is 13.4. The van der Waals surface area contributed by atoms with Gasteiger partial charge >= 0.3 is 0 Å². The van der Waals surface area contributed by atoms with Crippen LogP contribution in [0.3, 0.4) is 0 Å². The Morgan fingerprint density at radius 1 is 1.13 bits per heavy atom. The van der Waals surface area contributed by atoms with Crippen molar-refractivity contribution in [3.05, 3.63) is 66.1 Å². The average molecular weight is 422 g/mol. The van der Waals surface area contributed by atoms with Crippen molar-refractivity contribution in [2.75, 3.05) is 13.1 Å². The highest BCUT2D eigenvalue weighted by molar-refractivity contribution is 7.20. The highest BCUT2D eigenvalue weighted by atomic mass is 32.1. The van der Waals surface area contributed by atoms with E-state index in [0.29, 0.717) is 24.0 Å². The molecule has 3 heterocycles. The summed E-state index contributed by atoms with van der Waals surface area (Å²) in [6.45, 7) is 1.20. The molecule has 30 heavy (non-hydrogen) atoms. The lowest BCUT2D eigenvalue weighted by Gasteiger charge is -2.31. The fourth-order valence-corrected chi connectivity index (χ4v) is 4.51. The van der Waals surface area contributed by atoms with Gasteiger partial charge in [-0.2, -0.15) is 5.10 Å². The number of likely N-dealkylation sites (tertiary alicyclic amines) is 1. The number of thiazole rings is 1. The number of fused-ring (bicyclic) bond motifs is 1. The number of halogens is 1. The topological polar surface area (TPSA) is 71.1 Å². The lowest BCUT2D eigenvalue weighted by atomic mass is 10.1. The molecule has 0 radical (unpaired) electrons. The first-order valence-electron chi connectivity index (χ1n) is 9.78. The van der Waals surface area contributed by atoms with Crippen molar-refractivity contribution in [1.29, 1.82) is 0 Å². The molecule has 0 bridgehead atoms. The van der Waals surface area contributed by atoms with Gasteiger partial charge in [-0.05, 0) is 24.3 Å². The van der Waals surface area contributed by atoms with Gasteiger partial charge in [0.05, 0.1) is 15.9 Å². The molecule has 6 nitrogen and oxygen atoms in total. The molecule has 152 valence electrons. The van der Waals surface area contributed by atoms with Gasteiger partial charge < -0.3 is 9.64 Å². The van der Waals surface area contributed by atoms with Crippen LogP contribution in [0, 0.1) is 5.82 Å². The number of nitrogens with zero attached hydrogens (tertiary/aromatic N) is 3. The lowest BCUT2D eigenvalue weighted by Crippen LogP contribution is -2.41. The quantitative estimate of drug-likeness (QED) is 0.525. The summed E-state index contributed by atoms with van der Waals surface area (Å²) in [4.78, 5) is 19.1. The first-order chi connectivity index (χ1) is 14.7. The van der Waals surface area contributed by atoms with E-state index >= 15 is 0 Å². The second-order valence-electron chi connectivity index (χ2n) is 7.23. The van der Waals surface area contributed by atoms with Gasteiger partial charge in [0.1, 0.15) is 17.6 Å². The van der Waals surface area contributed by atoms with Crippen molar-refractivity contribution >= 4 is 27.5 Å². The molecule has 2 aromatic heterocycles. The number of benzene rings is 2. The van der Waals surface area contributed by atoms with Gasteiger partial charge in [0, 0.05) is 31.5 Å². The maximum Gasteiger partial charge on any atom is 0.274 e. The molecule has 4 aromatic rings. The predicted molar refractivity (Wildman–Crippen MR) is 113 cm³/mol. The Balaban J connectivity index is 1.20. The van der Waals surface area contributed by atoms with Crippen LogP contribution < -0.4 is 4.74 Å². The van der Waals surface area contributed by atoms with Crippen molar-refractivity contribution in [1.82, 2.24) is 20.1 Å². The Bertz CT molecular complexity index is 1180. The molecule has 2 aromatic carbocycles. The summed E-state index contributed by atoms with van der Waals surface area (Å²) in [6, 6.07) is 16.1. The number of aromatic amines is 1. The Morgan fingerprint density at radius 3 is 2.73 bits per heavy atom. The number of hydrogen-bond acceptors (Lipinski definition) is 5. The Hall–Kier alpha value is -3.26. The number of aromatic nitrogens is 3. The smallest absolute Gasteiger partial charge is 0.274 e. The normalized spacial score (nSPS) is 14.9. The number of amides is 1. The predicted octanol–water partition coefficient (Wildman–Crippen LogP) is 4.51. The number of carbonyl (C=O) groups is 1. The molecule has 0 aliphatic carbocycles. The van der Waals surface area contributed by atoms with E-state index in [1.54, 1.807) is 12.1 Å². The van der Waals surface area contributed by atoms with Crippen molar-refractivity contribution in [2.24, 2.45) is 0 Å². The minimum Gasteiger partial charge on any atom is -0.467 e. The van der Waals surface area contributed by atoms with E-state index in [1.165, 1.54) is 23.5 Å². The van der Waals surface area contributed by atoms with Crippen molar-refractivity contribution in [3.63, 3.8) is 0 Å². The van der Waals surface area contributed by atoms with Crippen LogP contribution in [0.15, 0.2) is 54.6 Å². The molecule has 0 unspecified atom stereocenters. The minimum atomic E-state index is -0.279. The fraction of sp³-hybridized carbons (Fsp3) is 0.227. The molecule has 0 saturated carbocycles. The number of H-pyrrole nitrogens is 1. The van der Waals surface area contributed by atoms with E-state index in [1.807, 2.05) is 35.2 Å². The molecule has 1 amide bonds. The van der Waals surface area contributed by atoms with Crippen molar-refractivity contribution in [2.45, 2.75) is 18.9 Å². The highest BCUT2D eigenvalue weighted by Crippen LogP contribution is 2.30. The standard InChI is InChI=1S/C22H19FN4O2S/c23-15-6-7-17-20(12-15)30-22(24-17)29-16-8-10-27(11-9-16)21(28)19-13-18(25-26-19)14-4-2-1-3-5-14/h1-7,12-13,16H,8-11H2,(H,25,26). The first-order valence-corrected chi connectivity index (χ1v) is 10.6. The van der Waals surface area contributed by atoms with E-state index in [-0.39, 0.29) is 17.8 Å². The summed E-state index contributed by atoms with van der Waals surface area (Å²) in [6.07, 6.45) is 1.42. The molecule has 8 heteroatoms. The summed E-state index contributed by atoms with van der Waals surface area (Å²) in [5.74, 6) is -0.336. The molecule has 1 aliphatic rings. The molecular formula is C22H19FN4O2S. The number of ether oxygens (including phenoxy) is 1. The van der Waals surface area contributed by atoms with Crippen LogP contribution >= 0.6 is 11.3 Å². The third kappa shape index (κ3) is 3.78. The summed E-state index contributed by atoms with van der Waals surface area (Å²) >= 11 is 1.34. The van der Waals surface area contributed by atoms with Crippen LogP contribution in [0.5, 0.6) is 5.19 Å². The third-order valence-electron chi connectivity index (χ3n) is 5.21. The van der Waals surface area contributed by atoms with Gasteiger partial charge in [0.15, 0.2) is 0 Å². The molecule has 0 spiro atoms. The monoisotopic (exact) mass is 422 g/mol. The highest BCUT2D eigenvalue weighted by Gasteiger charge is 2.26. The van der Waals surface area contributed by atoms with E-state index in [9.17, 15) is 9.18 Å². The van der Waals surface area contributed by atoms with Crippen molar-refractivity contribution in [3.8, 4) is 16.5 Å². The largest absolute Gasteiger partial charge is 0.467 e.